The monoisotopic (exact) mass is 392 g/mol. The van der Waals surface area contributed by atoms with E-state index < -0.39 is 0 Å². The number of carbonyl (C=O) groups is 1. The fraction of sp³-hybridized carbons (Fsp3) is 0.412. The number of benzene rings is 1. The zero-order chi connectivity index (χ0) is 18.5. The van der Waals surface area contributed by atoms with Crippen molar-refractivity contribution in [2.45, 2.75) is 27.3 Å². The van der Waals surface area contributed by atoms with Crippen LogP contribution in [0.5, 0.6) is 5.75 Å². The summed E-state index contributed by atoms with van der Waals surface area (Å²) in [7, 11) is 0. The molecule has 1 aromatic carbocycles. The van der Waals surface area contributed by atoms with E-state index in [4.69, 9.17) is 9.47 Å². The second-order valence-electron chi connectivity index (χ2n) is 5.40. The number of ether oxygens (including phenoxy) is 2. The first-order valence-corrected chi connectivity index (χ1v) is 9.95. The summed E-state index contributed by atoms with van der Waals surface area (Å²) in [5, 5.41) is 3.89. The molecular formula is C17H20N4O3S2. The van der Waals surface area contributed by atoms with Gasteiger partial charge in [-0.3, -0.25) is 4.79 Å². The summed E-state index contributed by atoms with van der Waals surface area (Å²) < 4.78 is 17.9. The first-order chi connectivity index (χ1) is 12.6. The molecule has 138 valence electrons. The third-order valence-corrected chi connectivity index (χ3v) is 5.53. The molecule has 0 atom stereocenters. The minimum absolute atomic E-state index is 0.320. The summed E-state index contributed by atoms with van der Waals surface area (Å²) >= 11 is 2.52. The number of hydrogen-bond donors (Lipinski definition) is 0. The molecule has 0 unspecified atom stereocenters. The lowest BCUT2D eigenvalue weighted by atomic mass is 10.3. The highest BCUT2D eigenvalue weighted by Crippen LogP contribution is 2.23. The standard InChI is InChI=1S/C17H20N4O3S2/c1-4-23-9-8-21-13-7-6-12(24-5-2)10-14(13)25-17(21)18-16(22)15-11(3)19-20-26-15/h6-7,10H,4-5,8-9H2,1-3H3. The Labute approximate surface area is 159 Å². The second-order valence-corrected chi connectivity index (χ2v) is 7.16. The van der Waals surface area contributed by atoms with Gasteiger partial charge in [-0.05, 0) is 50.5 Å². The van der Waals surface area contributed by atoms with E-state index in [9.17, 15) is 4.79 Å². The molecule has 0 aliphatic rings. The topological polar surface area (TPSA) is 78.6 Å². The molecule has 3 rings (SSSR count). The van der Waals surface area contributed by atoms with Gasteiger partial charge in [-0.2, -0.15) is 4.99 Å². The Balaban J connectivity index is 2.06. The molecule has 26 heavy (non-hydrogen) atoms. The number of amides is 1. The SMILES string of the molecule is CCOCCn1c(=NC(=O)c2snnc2C)sc2cc(OCC)ccc21. The average molecular weight is 393 g/mol. The number of aromatic nitrogens is 3. The number of thiazole rings is 1. The molecule has 0 fully saturated rings. The van der Waals surface area contributed by atoms with Crippen LogP contribution in [-0.4, -0.2) is 39.9 Å². The van der Waals surface area contributed by atoms with Crippen molar-refractivity contribution < 1.29 is 14.3 Å². The average Bonchev–Trinajstić information content (AvgIpc) is 3.19. The Hall–Kier alpha value is -2.10. The predicted molar refractivity (Wildman–Crippen MR) is 102 cm³/mol. The van der Waals surface area contributed by atoms with Gasteiger partial charge in [0.25, 0.3) is 5.91 Å². The van der Waals surface area contributed by atoms with Crippen LogP contribution in [0.1, 0.15) is 29.2 Å². The highest BCUT2D eigenvalue weighted by Gasteiger charge is 2.14. The fourth-order valence-corrected chi connectivity index (χ4v) is 4.10. The fourth-order valence-electron chi connectivity index (χ4n) is 2.48. The van der Waals surface area contributed by atoms with E-state index >= 15 is 0 Å². The third-order valence-electron chi connectivity index (χ3n) is 3.67. The van der Waals surface area contributed by atoms with Gasteiger partial charge in [-0.1, -0.05) is 15.8 Å². The number of carbonyl (C=O) groups excluding carboxylic acids is 1. The van der Waals surface area contributed by atoms with Crippen molar-refractivity contribution >= 4 is 39.0 Å². The summed E-state index contributed by atoms with van der Waals surface area (Å²) in [6.45, 7) is 8.09. The predicted octanol–water partition coefficient (Wildman–Crippen LogP) is 3.04. The van der Waals surface area contributed by atoms with E-state index in [1.807, 2.05) is 36.6 Å². The maximum atomic E-state index is 12.5. The van der Waals surface area contributed by atoms with Crippen LogP contribution in [0.2, 0.25) is 0 Å². The lowest BCUT2D eigenvalue weighted by molar-refractivity contribution is 0.0999. The Kier molecular flexibility index (Phi) is 6.12. The maximum absolute atomic E-state index is 12.5. The summed E-state index contributed by atoms with van der Waals surface area (Å²) in [6, 6.07) is 5.90. The van der Waals surface area contributed by atoms with E-state index in [-0.39, 0.29) is 5.91 Å². The number of rotatable bonds is 7. The van der Waals surface area contributed by atoms with Crippen molar-refractivity contribution in [1.29, 1.82) is 0 Å². The van der Waals surface area contributed by atoms with Crippen LogP contribution >= 0.6 is 22.9 Å². The Morgan fingerprint density at radius 3 is 2.85 bits per heavy atom. The smallest absolute Gasteiger partial charge is 0.293 e. The van der Waals surface area contributed by atoms with Gasteiger partial charge >= 0.3 is 0 Å². The van der Waals surface area contributed by atoms with E-state index in [1.54, 1.807) is 6.92 Å². The van der Waals surface area contributed by atoms with Crippen molar-refractivity contribution in [2.75, 3.05) is 19.8 Å². The molecular weight excluding hydrogens is 372 g/mol. The van der Waals surface area contributed by atoms with Crippen LogP contribution in [0.3, 0.4) is 0 Å². The largest absolute Gasteiger partial charge is 0.494 e. The van der Waals surface area contributed by atoms with E-state index in [1.165, 1.54) is 11.3 Å². The van der Waals surface area contributed by atoms with Crippen molar-refractivity contribution in [3.05, 3.63) is 33.6 Å². The molecule has 9 heteroatoms. The molecule has 0 bridgehead atoms. The van der Waals surface area contributed by atoms with Crippen LogP contribution < -0.4 is 9.54 Å². The van der Waals surface area contributed by atoms with Gasteiger partial charge in [-0.15, -0.1) is 5.10 Å². The van der Waals surface area contributed by atoms with Gasteiger partial charge in [0.15, 0.2) is 4.80 Å². The summed E-state index contributed by atoms with van der Waals surface area (Å²) in [4.78, 5) is 18.0. The van der Waals surface area contributed by atoms with E-state index in [0.29, 0.717) is 41.7 Å². The van der Waals surface area contributed by atoms with Crippen molar-refractivity contribution in [2.24, 2.45) is 4.99 Å². The van der Waals surface area contributed by atoms with Gasteiger partial charge in [0, 0.05) is 13.2 Å². The highest BCUT2D eigenvalue weighted by molar-refractivity contribution is 7.16. The summed E-state index contributed by atoms with van der Waals surface area (Å²) in [6.07, 6.45) is 0. The van der Waals surface area contributed by atoms with Crippen LogP contribution in [-0.2, 0) is 11.3 Å². The van der Waals surface area contributed by atoms with Crippen LogP contribution in [0, 0.1) is 6.92 Å². The molecule has 0 aliphatic carbocycles. The molecule has 0 aliphatic heterocycles. The number of aryl methyl sites for hydroxylation is 1. The molecule has 7 nitrogen and oxygen atoms in total. The van der Waals surface area contributed by atoms with Crippen LogP contribution in [0.25, 0.3) is 10.2 Å². The molecule has 0 radical (unpaired) electrons. The summed E-state index contributed by atoms with van der Waals surface area (Å²) in [5.41, 5.74) is 1.60. The Bertz CT molecular complexity index is 974. The van der Waals surface area contributed by atoms with Crippen molar-refractivity contribution in [3.8, 4) is 5.75 Å². The molecule has 3 aromatic rings. The Morgan fingerprint density at radius 1 is 1.31 bits per heavy atom. The molecule has 0 spiro atoms. The summed E-state index contributed by atoms with van der Waals surface area (Å²) in [5.74, 6) is 0.484. The normalized spacial score (nSPS) is 12.0. The van der Waals surface area contributed by atoms with Crippen molar-refractivity contribution in [3.63, 3.8) is 0 Å². The molecule has 2 aromatic heterocycles. The van der Waals surface area contributed by atoms with E-state index in [0.717, 1.165) is 27.5 Å². The molecule has 0 saturated carbocycles. The van der Waals surface area contributed by atoms with Crippen molar-refractivity contribution in [1.82, 2.24) is 14.2 Å². The van der Waals surface area contributed by atoms with Gasteiger partial charge < -0.3 is 14.0 Å². The van der Waals surface area contributed by atoms with Crippen LogP contribution in [0.15, 0.2) is 23.2 Å². The van der Waals surface area contributed by atoms with Crippen LogP contribution in [0.4, 0.5) is 0 Å². The molecule has 1 amide bonds. The van der Waals surface area contributed by atoms with Gasteiger partial charge in [-0.25, -0.2) is 0 Å². The lowest BCUT2D eigenvalue weighted by Gasteiger charge is -2.06. The molecule has 0 N–H and O–H groups in total. The number of fused-ring (bicyclic) bond motifs is 1. The minimum Gasteiger partial charge on any atom is -0.494 e. The quantitative estimate of drug-likeness (QED) is 0.578. The zero-order valence-electron chi connectivity index (χ0n) is 14.9. The number of nitrogens with zero attached hydrogens (tertiary/aromatic N) is 4. The Morgan fingerprint density at radius 2 is 2.15 bits per heavy atom. The lowest BCUT2D eigenvalue weighted by Crippen LogP contribution is -2.19. The third kappa shape index (κ3) is 4.00. The first kappa shape index (κ1) is 18.7. The highest BCUT2D eigenvalue weighted by atomic mass is 32.1. The van der Waals surface area contributed by atoms with Gasteiger partial charge in [0.05, 0.1) is 29.1 Å². The molecule has 0 saturated heterocycles. The minimum atomic E-state index is -0.320. The molecule has 2 heterocycles. The van der Waals surface area contributed by atoms with Gasteiger partial charge in [0.1, 0.15) is 10.6 Å². The van der Waals surface area contributed by atoms with E-state index in [2.05, 4.69) is 14.6 Å². The van der Waals surface area contributed by atoms with Gasteiger partial charge in [0.2, 0.25) is 0 Å². The zero-order valence-corrected chi connectivity index (χ0v) is 16.5. The first-order valence-electron chi connectivity index (χ1n) is 8.36. The number of hydrogen-bond acceptors (Lipinski definition) is 7. The maximum Gasteiger partial charge on any atom is 0.293 e. The second kappa shape index (κ2) is 8.52.